The second-order valence-electron chi connectivity index (χ2n) is 5.62. The van der Waals surface area contributed by atoms with Crippen molar-refractivity contribution in [3.05, 3.63) is 22.5 Å². The van der Waals surface area contributed by atoms with Crippen molar-refractivity contribution < 1.29 is 14.3 Å². The molecule has 0 aliphatic carbocycles. The van der Waals surface area contributed by atoms with Gasteiger partial charge in [0, 0.05) is 31.8 Å². The third-order valence-corrected chi connectivity index (χ3v) is 4.39. The lowest BCUT2D eigenvalue weighted by Crippen LogP contribution is -2.42. The highest BCUT2D eigenvalue weighted by molar-refractivity contribution is 6.31. The fraction of sp³-hybridized carbons (Fsp3) is 0.562. The lowest BCUT2D eigenvalue weighted by molar-refractivity contribution is -0.150. The Balaban J connectivity index is 2.02. The van der Waals surface area contributed by atoms with Crippen LogP contribution in [-0.4, -0.2) is 46.3 Å². The molecule has 1 amide bonds. The van der Waals surface area contributed by atoms with Crippen molar-refractivity contribution in [3.8, 4) is 0 Å². The second kappa shape index (κ2) is 7.64. The Hall–Kier alpha value is -1.82. The third kappa shape index (κ3) is 4.13. The van der Waals surface area contributed by atoms with Gasteiger partial charge in [-0.25, -0.2) is 0 Å². The number of amides is 1. The number of esters is 1. The topological polar surface area (TPSA) is 64.4 Å². The number of aryl methyl sites for hydroxylation is 2. The summed E-state index contributed by atoms with van der Waals surface area (Å²) in [5.41, 5.74) is 1.51. The van der Waals surface area contributed by atoms with Gasteiger partial charge in [-0.1, -0.05) is 11.6 Å². The standard InChI is InChI=1S/C16H22ClN3O3/c1-4-23-16(22)12-6-5-9-20(10-12)14(21)8-7-13-11(2)18-19(3)15(13)17/h7-8,12H,4-6,9-10H2,1-3H3/b8-7+/t12-/m0/s1. The van der Waals surface area contributed by atoms with Crippen LogP contribution in [0.1, 0.15) is 31.0 Å². The maximum Gasteiger partial charge on any atom is 0.310 e. The smallest absolute Gasteiger partial charge is 0.310 e. The van der Waals surface area contributed by atoms with Gasteiger partial charge in [-0.3, -0.25) is 14.3 Å². The SMILES string of the molecule is CCOC(=O)[C@H]1CCCN(C(=O)/C=C/c2c(C)nn(C)c2Cl)C1. The molecule has 0 unspecified atom stereocenters. The number of rotatable bonds is 4. The van der Waals surface area contributed by atoms with E-state index in [0.717, 1.165) is 24.1 Å². The van der Waals surface area contributed by atoms with E-state index in [1.54, 1.807) is 29.6 Å². The normalized spacial score (nSPS) is 18.4. The molecule has 0 aromatic carbocycles. The van der Waals surface area contributed by atoms with Crippen LogP contribution in [0.25, 0.3) is 6.08 Å². The number of halogens is 1. The summed E-state index contributed by atoms with van der Waals surface area (Å²) in [6, 6.07) is 0. The first-order valence-electron chi connectivity index (χ1n) is 7.76. The number of nitrogens with zero attached hydrogens (tertiary/aromatic N) is 3. The summed E-state index contributed by atoms with van der Waals surface area (Å²) in [6.07, 6.45) is 4.74. The van der Waals surface area contributed by atoms with Crippen LogP contribution in [0.4, 0.5) is 0 Å². The molecule has 1 aliphatic rings. The molecule has 1 fully saturated rings. The minimum Gasteiger partial charge on any atom is -0.466 e. The second-order valence-corrected chi connectivity index (χ2v) is 5.98. The largest absolute Gasteiger partial charge is 0.466 e. The summed E-state index contributed by atoms with van der Waals surface area (Å²) in [5.74, 6) is -0.580. The van der Waals surface area contributed by atoms with Gasteiger partial charge in [0.2, 0.25) is 5.91 Å². The Labute approximate surface area is 141 Å². The van der Waals surface area contributed by atoms with Crippen LogP contribution in [0.3, 0.4) is 0 Å². The average Bonchev–Trinajstić information content (AvgIpc) is 2.78. The summed E-state index contributed by atoms with van der Waals surface area (Å²) in [6.45, 7) is 5.04. The summed E-state index contributed by atoms with van der Waals surface area (Å²) in [5, 5.41) is 4.70. The predicted molar refractivity (Wildman–Crippen MR) is 87.9 cm³/mol. The van der Waals surface area contributed by atoms with Gasteiger partial charge in [0.15, 0.2) is 0 Å². The summed E-state index contributed by atoms with van der Waals surface area (Å²) in [4.78, 5) is 25.9. The van der Waals surface area contributed by atoms with E-state index in [0.29, 0.717) is 24.8 Å². The number of hydrogen-bond acceptors (Lipinski definition) is 4. The van der Waals surface area contributed by atoms with Crippen LogP contribution < -0.4 is 0 Å². The Bertz CT molecular complexity index is 624. The number of likely N-dealkylation sites (tertiary alicyclic amines) is 1. The third-order valence-electron chi connectivity index (χ3n) is 3.94. The molecule has 6 nitrogen and oxygen atoms in total. The van der Waals surface area contributed by atoms with Crippen molar-refractivity contribution in [1.29, 1.82) is 0 Å². The molecule has 0 radical (unpaired) electrons. The molecule has 2 rings (SSSR count). The van der Waals surface area contributed by atoms with Crippen LogP contribution in [0.5, 0.6) is 0 Å². The van der Waals surface area contributed by atoms with E-state index in [9.17, 15) is 9.59 Å². The van der Waals surface area contributed by atoms with Crippen LogP contribution in [0.2, 0.25) is 5.15 Å². The van der Waals surface area contributed by atoms with Crippen molar-refractivity contribution in [2.24, 2.45) is 13.0 Å². The molecule has 1 saturated heterocycles. The van der Waals surface area contributed by atoms with Crippen LogP contribution in [0.15, 0.2) is 6.08 Å². The van der Waals surface area contributed by atoms with Gasteiger partial charge in [0.05, 0.1) is 18.2 Å². The number of hydrogen-bond donors (Lipinski definition) is 0. The van der Waals surface area contributed by atoms with Gasteiger partial charge >= 0.3 is 5.97 Å². The monoisotopic (exact) mass is 339 g/mol. The highest BCUT2D eigenvalue weighted by Crippen LogP contribution is 2.21. The van der Waals surface area contributed by atoms with E-state index >= 15 is 0 Å². The lowest BCUT2D eigenvalue weighted by Gasteiger charge is -2.30. The first-order chi connectivity index (χ1) is 10.9. The molecule has 1 atom stereocenters. The Kier molecular flexibility index (Phi) is 5.82. The minimum atomic E-state index is -0.232. The quantitative estimate of drug-likeness (QED) is 0.623. The maximum atomic E-state index is 12.3. The van der Waals surface area contributed by atoms with Gasteiger partial charge in [-0.05, 0) is 32.8 Å². The molecule has 23 heavy (non-hydrogen) atoms. The first kappa shape index (κ1) is 17.5. The van der Waals surface area contributed by atoms with Crippen molar-refractivity contribution in [1.82, 2.24) is 14.7 Å². The van der Waals surface area contributed by atoms with E-state index in [1.807, 2.05) is 6.92 Å². The highest BCUT2D eigenvalue weighted by atomic mass is 35.5. The van der Waals surface area contributed by atoms with Crippen molar-refractivity contribution in [2.75, 3.05) is 19.7 Å². The molecule has 126 valence electrons. The van der Waals surface area contributed by atoms with Gasteiger partial charge in [-0.15, -0.1) is 0 Å². The summed E-state index contributed by atoms with van der Waals surface area (Å²) in [7, 11) is 1.75. The van der Waals surface area contributed by atoms with E-state index in [4.69, 9.17) is 16.3 Å². The molecule has 0 saturated carbocycles. The Morgan fingerprint density at radius 2 is 2.22 bits per heavy atom. The van der Waals surface area contributed by atoms with Gasteiger partial charge in [0.25, 0.3) is 0 Å². The number of carbonyl (C=O) groups is 2. The van der Waals surface area contributed by atoms with E-state index in [-0.39, 0.29) is 17.8 Å². The molecule has 7 heteroatoms. The molecule has 1 aromatic heterocycles. The predicted octanol–water partition coefficient (Wildman–Crippen LogP) is 2.20. The van der Waals surface area contributed by atoms with Crippen molar-refractivity contribution in [3.63, 3.8) is 0 Å². The lowest BCUT2D eigenvalue weighted by atomic mass is 9.98. The maximum absolute atomic E-state index is 12.3. The average molecular weight is 340 g/mol. The van der Waals surface area contributed by atoms with Gasteiger partial charge in [-0.2, -0.15) is 5.10 Å². The zero-order chi connectivity index (χ0) is 17.0. The molecule has 2 heterocycles. The Morgan fingerprint density at radius 3 is 2.83 bits per heavy atom. The molecule has 0 N–H and O–H groups in total. The summed E-state index contributed by atoms with van der Waals surface area (Å²) >= 11 is 6.15. The van der Waals surface area contributed by atoms with Gasteiger partial charge in [0.1, 0.15) is 5.15 Å². The number of piperidine rings is 1. The minimum absolute atomic E-state index is 0.127. The fourth-order valence-corrected chi connectivity index (χ4v) is 2.96. The highest BCUT2D eigenvalue weighted by Gasteiger charge is 2.28. The molecule has 0 spiro atoms. The van der Waals surface area contributed by atoms with Crippen LogP contribution in [-0.2, 0) is 21.4 Å². The number of aromatic nitrogens is 2. The molecular formula is C16H22ClN3O3. The van der Waals surface area contributed by atoms with Crippen molar-refractivity contribution >= 4 is 29.6 Å². The zero-order valence-corrected chi connectivity index (χ0v) is 14.5. The van der Waals surface area contributed by atoms with E-state index in [2.05, 4.69) is 5.10 Å². The summed E-state index contributed by atoms with van der Waals surface area (Å²) < 4.78 is 6.62. The first-order valence-corrected chi connectivity index (χ1v) is 8.14. The van der Waals surface area contributed by atoms with Crippen molar-refractivity contribution in [2.45, 2.75) is 26.7 Å². The fourth-order valence-electron chi connectivity index (χ4n) is 2.73. The zero-order valence-electron chi connectivity index (χ0n) is 13.7. The van der Waals surface area contributed by atoms with Gasteiger partial charge < -0.3 is 9.64 Å². The van der Waals surface area contributed by atoms with Crippen LogP contribution >= 0.6 is 11.6 Å². The van der Waals surface area contributed by atoms with E-state index in [1.165, 1.54) is 6.08 Å². The molecule has 0 bridgehead atoms. The molecule has 1 aliphatic heterocycles. The molecule has 1 aromatic rings. The number of ether oxygens (including phenoxy) is 1. The van der Waals surface area contributed by atoms with E-state index < -0.39 is 0 Å². The molecular weight excluding hydrogens is 318 g/mol. The Morgan fingerprint density at radius 1 is 1.48 bits per heavy atom. The van der Waals surface area contributed by atoms with Crippen LogP contribution in [0, 0.1) is 12.8 Å². The number of carbonyl (C=O) groups excluding carboxylic acids is 2.